The number of carbonyl (C=O) groups is 2. The van der Waals surface area contributed by atoms with Crippen LogP contribution in [0.4, 0.5) is 11.5 Å². The number of likely N-dealkylation sites (N-methyl/N-ethyl adjacent to an activating group) is 2. The zero-order valence-electron chi connectivity index (χ0n) is 13.5. The van der Waals surface area contributed by atoms with Crippen LogP contribution in [0, 0.1) is 6.92 Å². The minimum atomic E-state index is -0.368. The number of nitrogens with one attached hydrogen (secondary N) is 1. The van der Waals surface area contributed by atoms with Gasteiger partial charge in [-0.05, 0) is 12.1 Å². The van der Waals surface area contributed by atoms with Gasteiger partial charge in [-0.2, -0.15) is 0 Å². The molecule has 0 radical (unpaired) electrons. The Morgan fingerprint density at radius 1 is 1.26 bits per heavy atom. The molecule has 0 aliphatic rings. The van der Waals surface area contributed by atoms with Crippen molar-refractivity contribution in [3.05, 3.63) is 36.2 Å². The molecule has 0 fully saturated rings. The lowest BCUT2D eigenvalue weighted by Crippen LogP contribution is -2.34. The maximum atomic E-state index is 11.9. The zero-order chi connectivity index (χ0) is 17.0. The van der Waals surface area contributed by atoms with Crippen LogP contribution < -0.4 is 10.2 Å². The number of rotatable bonds is 5. The number of aryl methyl sites for hydroxylation is 1. The van der Waals surface area contributed by atoms with Crippen LogP contribution in [0.5, 0.6) is 0 Å². The number of hydrogen-bond acceptors (Lipinski definition) is 6. The van der Waals surface area contributed by atoms with Crippen molar-refractivity contribution >= 4 is 23.3 Å². The molecule has 2 rings (SSSR count). The first kappa shape index (κ1) is 16.5. The highest BCUT2D eigenvalue weighted by Gasteiger charge is 2.12. The summed E-state index contributed by atoms with van der Waals surface area (Å²) < 4.78 is 5.00. The van der Waals surface area contributed by atoms with E-state index in [1.165, 1.54) is 17.4 Å². The summed E-state index contributed by atoms with van der Waals surface area (Å²) in [6.45, 7) is 1.89. The van der Waals surface area contributed by atoms with Gasteiger partial charge in [0.05, 0.1) is 18.4 Å². The summed E-state index contributed by atoms with van der Waals surface area (Å²) >= 11 is 0. The molecule has 2 aromatic rings. The second kappa shape index (κ2) is 6.91. The average Bonchev–Trinajstić information content (AvgIpc) is 2.94. The first-order valence-electron chi connectivity index (χ1n) is 6.97. The van der Waals surface area contributed by atoms with Gasteiger partial charge in [0, 0.05) is 28.1 Å². The number of anilines is 2. The fourth-order valence-electron chi connectivity index (χ4n) is 1.77. The maximum Gasteiger partial charge on any atom is 0.277 e. The van der Waals surface area contributed by atoms with E-state index in [0.29, 0.717) is 17.4 Å². The van der Waals surface area contributed by atoms with Gasteiger partial charge in [-0.15, -0.1) is 0 Å². The molecule has 0 saturated carbocycles. The summed E-state index contributed by atoms with van der Waals surface area (Å²) in [4.78, 5) is 35.1. The normalized spacial score (nSPS) is 10.3. The van der Waals surface area contributed by atoms with Crippen LogP contribution in [-0.4, -0.2) is 54.4 Å². The van der Waals surface area contributed by atoms with Crippen LogP contribution in [0.3, 0.4) is 0 Å². The van der Waals surface area contributed by atoms with Gasteiger partial charge in [0.1, 0.15) is 12.1 Å². The number of oxazole rings is 1. The highest BCUT2D eigenvalue weighted by molar-refractivity contribution is 6.02. The van der Waals surface area contributed by atoms with Gasteiger partial charge in [0.15, 0.2) is 11.6 Å². The molecule has 23 heavy (non-hydrogen) atoms. The molecule has 0 spiro atoms. The van der Waals surface area contributed by atoms with E-state index in [2.05, 4.69) is 15.3 Å². The van der Waals surface area contributed by atoms with Gasteiger partial charge in [-0.25, -0.2) is 9.97 Å². The molecule has 122 valence electrons. The number of amides is 2. The van der Waals surface area contributed by atoms with Gasteiger partial charge in [-0.3, -0.25) is 9.59 Å². The monoisotopic (exact) mass is 317 g/mol. The molecule has 0 aromatic carbocycles. The van der Waals surface area contributed by atoms with Crippen molar-refractivity contribution in [2.24, 2.45) is 0 Å². The van der Waals surface area contributed by atoms with Crippen LogP contribution in [-0.2, 0) is 4.79 Å². The largest absolute Gasteiger partial charge is 0.448 e. The molecule has 0 saturated heterocycles. The molecule has 0 atom stereocenters. The second-order valence-corrected chi connectivity index (χ2v) is 5.26. The lowest BCUT2D eigenvalue weighted by Gasteiger charge is -2.20. The van der Waals surface area contributed by atoms with E-state index in [-0.39, 0.29) is 24.1 Å². The van der Waals surface area contributed by atoms with E-state index < -0.39 is 0 Å². The first-order valence-corrected chi connectivity index (χ1v) is 6.97. The summed E-state index contributed by atoms with van der Waals surface area (Å²) in [6.07, 6.45) is 2.82. The molecule has 0 unspecified atom stereocenters. The smallest absolute Gasteiger partial charge is 0.277 e. The van der Waals surface area contributed by atoms with E-state index in [1.807, 2.05) is 0 Å². The SMILES string of the molecule is Cc1nc(C(=O)Nc2ccc(N(C)CC(=O)N(C)C)nc2)co1. The zero-order valence-corrected chi connectivity index (χ0v) is 13.5. The average molecular weight is 317 g/mol. The number of aromatic nitrogens is 2. The van der Waals surface area contributed by atoms with E-state index >= 15 is 0 Å². The van der Waals surface area contributed by atoms with Crippen LogP contribution in [0.25, 0.3) is 0 Å². The first-order chi connectivity index (χ1) is 10.9. The number of nitrogens with zero attached hydrogens (tertiary/aromatic N) is 4. The fraction of sp³-hybridized carbons (Fsp3) is 0.333. The minimum Gasteiger partial charge on any atom is -0.448 e. The van der Waals surface area contributed by atoms with Crippen molar-refractivity contribution in [1.29, 1.82) is 0 Å². The Labute approximate surface area is 134 Å². The summed E-state index contributed by atoms with van der Waals surface area (Å²) in [5.41, 5.74) is 0.743. The van der Waals surface area contributed by atoms with Crippen molar-refractivity contribution in [2.75, 3.05) is 37.9 Å². The van der Waals surface area contributed by atoms with Crippen LogP contribution in [0.1, 0.15) is 16.4 Å². The summed E-state index contributed by atoms with van der Waals surface area (Å²) in [7, 11) is 5.18. The third-order valence-corrected chi connectivity index (χ3v) is 3.12. The third kappa shape index (κ3) is 4.29. The van der Waals surface area contributed by atoms with E-state index in [9.17, 15) is 9.59 Å². The number of pyridine rings is 1. The molecule has 2 aromatic heterocycles. The highest BCUT2D eigenvalue weighted by Crippen LogP contribution is 2.14. The number of carbonyl (C=O) groups excluding carboxylic acids is 2. The van der Waals surface area contributed by atoms with Crippen molar-refractivity contribution < 1.29 is 14.0 Å². The third-order valence-electron chi connectivity index (χ3n) is 3.12. The van der Waals surface area contributed by atoms with Crippen LogP contribution >= 0.6 is 0 Å². The molecule has 0 aliphatic heterocycles. The molecule has 2 heterocycles. The summed E-state index contributed by atoms with van der Waals surface area (Å²) in [5, 5.41) is 2.68. The van der Waals surface area contributed by atoms with Crippen molar-refractivity contribution in [1.82, 2.24) is 14.9 Å². The Kier molecular flexibility index (Phi) is 4.95. The molecule has 1 N–H and O–H groups in total. The topological polar surface area (TPSA) is 91.6 Å². The Bertz CT molecular complexity index is 693. The van der Waals surface area contributed by atoms with Gasteiger partial charge in [0.2, 0.25) is 5.91 Å². The van der Waals surface area contributed by atoms with Gasteiger partial charge in [-0.1, -0.05) is 0 Å². The second-order valence-electron chi connectivity index (χ2n) is 5.26. The fourth-order valence-corrected chi connectivity index (χ4v) is 1.77. The predicted octanol–water partition coefficient (Wildman–Crippen LogP) is 1.15. The lowest BCUT2D eigenvalue weighted by molar-refractivity contribution is -0.127. The molecule has 0 aliphatic carbocycles. The Hall–Kier alpha value is -2.90. The molecular formula is C15H19N5O3. The van der Waals surface area contributed by atoms with Gasteiger partial charge >= 0.3 is 0 Å². The predicted molar refractivity (Wildman–Crippen MR) is 85.4 cm³/mol. The lowest BCUT2D eigenvalue weighted by atomic mass is 10.3. The van der Waals surface area contributed by atoms with Gasteiger partial charge in [0.25, 0.3) is 5.91 Å². The van der Waals surface area contributed by atoms with Gasteiger partial charge < -0.3 is 19.5 Å². The Morgan fingerprint density at radius 2 is 2.00 bits per heavy atom. The van der Waals surface area contributed by atoms with E-state index in [1.54, 1.807) is 45.1 Å². The van der Waals surface area contributed by atoms with Crippen molar-refractivity contribution in [2.45, 2.75) is 6.92 Å². The highest BCUT2D eigenvalue weighted by atomic mass is 16.3. The van der Waals surface area contributed by atoms with Crippen molar-refractivity contribution in [3.63, 3.8) is 0 Å². The molecule has 8 heteroatoms. The molecular weight excluding hydrogens is 298 g/mol. The van der Waals surface area contributed by atoms with Crippen molar-refractivity contribution in [3.8, 4) is 0 Å². The molecule has 8 nitrogen and oxygen atoms in total. The Morgan fingerprint density at radius 3 is 2.52 bits per heavy atom. The quantitative estimate of drug-likeness (QED) is 0.889. The molecule has 2 amide bonds. The summed E-state index contributed by atoms with van der Waals surface area (Å²) in [5.74, 6) is 0.673. The summed E-state index contributed by atoms with van der Waals surface area (Å²) in [6, 6.07) is 3.44. The standard InChI is InChI=1S/C15H19N5O3/c1-10-17-12(9-23-10)15(22)18-11-5-6-13(16-7-11)20(4)8-14(21)19(2)3/h5-7,9H,8H2,1-4H3,(H,18,22). The van der Waals surface area contributed by atoms with E-state index in [0.717, 1.165) is 0 Å². The van der Waals surface area contributed by atoms with Crippen LogP contribution in [0.2, 0.25) is 0 Å². The number of hydrogen-bond donors (Lipinski definition) is 1. The van der Waals surface area contributed by atoms with E-state index in [4.69, 9.17) is 4.42 Å². The Balaban J connectivity index is 1.99. The maximum absolute atomic E-state index is 11.9. The minimum absolute atomic E-state index is 0.0203. The van der Waals surface area contributed by atoms with Crippen LogP contribution in [0.15, 0.2) is 29.0 Å². The molecule has 0 bridgehead atoms.